The largest absolute Gasteiger partial charge is 0.238 e. The molecule has 7 heteroatoms. The van der Waals surface area contributed by atoms with Crippen LogP contribution in [0.3, 0.4) is 0 Å². The average molecular weight is 340 g/mol. The Morgan fingerprint density at radius 3 is 2.58 bits per heavy atom. The van der Waals surface area contributed by atoms with Crippen LogP contribution in [0.1, 0.15) is 29.4 Å². The number of hydrogen-bond acceptors (Lipinski definition) is 4. The van der Waals surface area contributed by atoms with Crippen molar-refractivity contribution in [3.05, 3.63) is 72.2 Å². The predicted molar refractivity (Wildman–Crippen MR) is 89.3 cm³/mol. The first-order chi connectivity index (χ1) is 11.5. The monoisotopic (exact) mass is 340 g/mol. The van der Waals surface area contributed by atoms with E-state index in [0.29, 0.717) is 0 Å². The number of hydrogen-bond donors (Lipinski definition) is 1. The van der Waals surface area contributed by atoms with Crippen molar-refractivity contribution in [2.75, 3.05) is 0 Å². The molecular weight excluding hydrogens is 324 g/mol. The van der Waals surface area contributed by atoms with Gasteiger partial charge in [0.15, 0.2) is 5.82 Å². The molecule has 1 fully saturated rings. The Labute approximate surface area is 140 Å². The molecule has 0 amide bonds. The fourth-order valence-electron chi connectivity index (χ4n) is 3.11. The van der Waals surface area contributed by atoms with Crippen molar-refractivity contribution in [3.63, 3.8) is 0 Å². The molecule has 122 valence electrons. The predicted octanol–water partition coefficient (Wildman–Crippen LogP) is 2.19. The van der Waals surface area contributed by atoms with Gasteiger partial charge in [-0.3, -0.25) is 0 Å². The zero-order valence-corrected chi connectivity index (χ0v) is 13.6. The second-order valence-electron chi connectivity index (χ2n) is 5.93. The molecule has 2 atom stereocenters. The van der Waals surface area contributed by atoms with Crippen molar-refractivity contribution in [1.82, 2.24) is 14.8 Å². The van der Waals surface area contributed by atoms with Crippen LogP contribution in [-0.4, -0.2) is 23.2 Å². The molecule has 0 saturated heterocycles. The van der Waals surface area contributed by atoms with Gasteiger partial charge in [-0.25, -0.2) is 23.2 Å². The maximum absolute atomic E-state index is 11.8. The number of primary sulfonamides is 1. The van der Waals surface area contributed by atoms with Crippen LogP contribution in [0.15, 0.2) is 66.0 Å². The van der Waals surface area contributed by atoms with Crippen LogP contribution >= 0.6 is 0 Å². The topological polar surface area (TPSA) is 90.9 Å². The molecule has 3 aromatic rings. The van der Waals surface area contributed by atoms with Gasteiger partial charge in [-0.05, 0) is 47.6 Å². The fourth-order valence-corrected chi connectivity index (χ4v) is 3.93. The van der Waals surface area contributed by atoms with E-state index in [-0.39, 0.29) is 16.7 Å². The molecule has 4 rings (SSSR count). The van der Waals surface area contributed by atoms with Crippen LogP contribution in [0.5, 0.6) is 0 Å². The minimum Gasteiger partial charge on any atom is -0.237 e. The zero-order valence-electron chi connectivity index (χ0n) is 12.8. The summed E-state index contributed by atoms with van der Waals surface area (Å²) in [6.07, 6.45) is 6.28. The Kier molecular flexibility index (Phi) is 3.47. The van der Waals surface area contributed by atoms with Crippen molar-refractivity contribution in [3.8, 4) is 5.82 Å². The summed E-state index contributed by atoms with van der Waals surface area (Å²) < 4.78 is 25.2. The Morgan fingerprint density at radius 1 is 1.08 bits per heavy atom. The molecule has 1 aromatic carbocycles. The fraction of sp³-hybridized carbons (Fsp3) is 0.176. The number of nitrogens with two attached hydrogens (primary N) is 1. The van der Waals surface area contributed by atoms with Gasteiger partial charge in [0.25, 0.3) is 0 Å². The molecule has 2 heterocycles. The highest BCUT2D eigenvalue weighted by molar-refractivity contribution is 7.89. The molecule has 2 unspecified atom stereocenters. The number of aromatic nitrogens is 3. The van der Waals surface area contributed by atoms with Crippen molar-refractivity contribution in [2.24, 2.45) is 5.14 Å². The second kappa shape index (κ2) is 5.54. The van der Waals surface area contributed by atoms with E-state index in [2.05, 4.69) is 10.1 Å². The number of benzene rings is 1. The summed E-state index contributed by atoms with van der Waals surface area (Å²) in [5.41, 5.74) is 1.89. The molecule has 0 radical (unpaired) electrons. The Morgan fingerprint density at radius 2 is 1.92 bits per heavy atom. The van der Waals surface area contributed by atoms with Gasteiger partial charge in [0.2, 0.25) is 10.0 Å². The third-order valence-electron chi connectivity index (χ3n) is 4.35. The molecule has 0 aliphatic heterocycles. The van der Waals surface area contributed by atoms with E-state index in [1.165, 1.54) is 0 Å². The van der Waals surface area contributed by atoms with Crippen LogP contribution < -0.4 is 5.14 Å². The maximum atomic E-state index is 11.8. The summed E-state index contributed by atoms with van der Waals surface area (Å²) in [7, 11) is -3.71. The Balaban J connectivity index is 1.59. The summed E-state index contributed by atoms with van der Waals surface area (Å²) in [4.78, 5) is 4.66. The highest BCUT2D eigenvalue weighted by atomic mass is 32.2. The van der Waals surface area contributed by atoms with Gasteiger partial charge in [0, 0.05) is 18.6 Å². The molecule has 24 heavy (non-hydrogen) atoms. The van der Waals surface area contributed by atoms with Crippen LogP contribution in [0.25, 0.3) is 5.82 Å². The number of nitrogens with zero attached hydrogens (tertiary/aromatic N) is 3. The van der Waals surface area contributed by atoms with E-state index in [1.54, 1.807) is 23.0 Å². The molecule has 2 N–H and O–H groups in total. The van der Waals surface area contributed by atoms with Crippen LogP contribution in [0, 0.1) is 0 Å². The van der Waals surface area contributed by atoms with Crippen LogP contribution in [0.2, 0.25) is 0 Å². The van der Waals surface area contributed by atoms with Crippen molar-refractivity contribution < 1.29 is 8.42 Å². The molecule has 0 spiro atoms. The maximum Gasteiger partial charge on any atom is 0.238 e. The van der Waals surface area contributed by atoms with Gasteiger partial charge in [0.05, 0.1) is 4.90 Å². The summed E-state index contributed by atoms with van der Waals surface area (Å²) >= 11 is 0. The first-order valence-electron chi connectivity index (χ1n) is 7.62. The second-order valence-corrected chi connectivity index (χ2v) is 7.46. The van der Waals surface area contributed by atoms with E-state index in [4.69, 9.17) is 5.14 Å². The van der Waals surface area contributed by atoms with Gasteiger partial charge < -0.3 is 0 Å². The lowest BCUT2D eigenvalue weighted by molar-refractivity contribution is 0.596. The molecule has 6 nitrogen and oxygen atoms in total. The normalized spacial score (nSPS) is 20.0. The quantitative estimate of drug-likeness (QED) is 0.788. The third kappa shape index (κ3) is 2.72. The summed E-state index contributed by atoms with van der Waals surface area (Å²) in [6.45, 7) is 0. The Hall–Kier alpha value is -2.51. The van der Waals surface area contributed by atoms with Crippen LogP contribution in [-0.2, 0) is 10.0 Å². The zero-order chi connectivity index (χ0) is 16.7. The van der Waals surface area contributed by atoms with Crippen LogP contribution in [0.4, 0.5) is 0 Å². The van der Waals surface area contributed by atoms with Crippen molar-refractivity contribution in [1.29, 1.82) is 0 Å². The number of pyridine rings is 1. The Bertz CT molecular complexity index is 966. The van der Waals surface area contributed by atoms with Gasteiger partial charge in [-0.2, -0.15) is 5.10 Å². The SMILES string of the molecule is NS(=O)(=O)c1ccccc1C1CC1c1ccc(-n2cccn2)nc1. The molecule has 0 bridgehead atoms. The molecule has 1 saturated carbocycles. The molecule has 2 aromatic heterocycles. The van der Waals surface area contributed by atoms with E-state index >= 15 is 0 Å². The smallest absolute Gasteiger partial charge is 0.237 e. The minimum absolute atomic E-state index is 0.164. The van der Waals surface area contributed by atoms with Gasteiger partial charge in [-0.1, -0.05) is 24.3 Å². The summed E-state index contributed by atoms with van der Waals surface area (Å²) in [6, 6.07) is 12.7. The van der Waals surface area contributed by atoms with E-state index in [1.807, 2.05) is 42.7 Å². The third-order valence-corrected chi connectivity index (χ3v) is 5.34. The number of rotatable bonds is 4. The lowest BCUT2D eigenvalue weighted by Crippen LogP contribution is -2.14. The summed E-state index contributed by atoms with van der Waals surface area (Å²) in [5, 5.41) is 9.48. The highest BCUT2D eigenvalue weighted by Gasteiger charge is 2.41. The van der Waals surface area contributed by atoms with Crippen molar-refractivity contribution in [2.45, 2.75) is 23.2 Å². The first-order valence-corrected chi connectivity index (χ1v) is 9.16. The molecule has 1 aliphatic rings. The van der Waals surface area contributed by atoms with E-state index in [0.717, 1.165) is 23.4 Å². The summed E-state index contributed by atoms with van der Waals surface area (Å²) in [5.74, 6) is 1.19. The molecule has 1 aliphatic carbocycles. The van der Waals surface area contributed by atoms with Gasteiger partial charge >= 0.3 is 0 Å². The first kappa shape index (κ1) is 15.0. The standard InChI is InChI=1S/C17H16N4O2S/c18-24(22,23)16-5-2-1-4-13(16)15-10-14(15)12-6-7-17(19-11-12)21-9-3-8-20-21/h1-9,11,14-15H,10H2,(H2,18,22,23). The highest BCUT2D eigenvalue weighted by Crippen LogP contribution is 2.55. The minimum atomic E-state index is -3.71. The van der Waals surface area contributed by atoms with E-state index in [9.17, 15) is 8.42 Å². The average Bonchev–Trinajstić information content (AvgIpc) is 3.19. The van der Waals surface area contributed by atoms with Gasteiger partial charge in [0.1, 0.15) is 0 Å². The molecular formula is C17H16N4O2S. The van der Waals surface area contributed by atoms with Gasteiger partial charge in [-0.15, -0.1) is 0 Å². The van der Waals surface area contributed by atoms with Crippen molar-refractivity contribution >= 4 is 10.0 Å². The lowest BCUT2D eigenvalue weighted by Gasteiger charge is -2.07. The number of sulfonamides is 1. The lowest BCUT2D eigenvalue weighted by atomic mass is 10.1. The van der Waals surface area contributed by atoms with E-state index < -0.39 is 10.0 Å².